The Bertz CT molecular complexity index is 262. The number of nitrogens with zero attached hydrogens (tertiary/aromatic N) is 1. The predicted octanol–water partition coefficient (Wildman–Crippen LogP) is 1.37. The third-order valence-corrected chi connectivity index (χ3v) is 2.80. The molecular formula is C12H22N2O2. The number of furan rings is 1. The van der Waals surface area contributed by atoms with Crippen molar-refractivity contribution in [1.82, 2.24) is 4.90 Å². The molecule has 0 radical (unpaired) electrons. The van der Waals surface area contributed by atoms with Crippen LogP contribution in [0.5, 0.6) is 0 Å². The first kappa shape index (κ1) is 13.2. The van der Waals surface area contributed by atoms with E-state index in [9.17, 15) is 0 Å². The van der Waals surface area contributed by atoms with Crippen LogP contribution in [-0.4, -0.2) is 36.8 Å². The number of aliphatic hydroxyl groups excluding tert-OH is 1. The molecule has 0 aliphatic heterocycles. The van der Waals surface area contributed by atoms with Crippen LogP contribution in [-0.2, 0) is 0 Å². The van der Waals surface area contributed by atoms with E-state index in [2.05, 4.69) is 11.9 Å². The Morgan fingerprint density at radius 2 is 2.25 bits per heavy atom. The zero-order valence-corrected chi connectivity index (χ0v) is 9.93. The van der Waals surface area contributed by atoms with E-state index in [0.29, 0.717) is 6.54 Å². The second-order valence-electron chi connectivity index (χ2n) is 4.03. The van der Waals surface area contributed by atoms with Gasteiger partial charge in [-0.1, -0.05) is 0 Å². The number of rotatable bonds is 8. The first-order valence-corrected chi connectivity index (χ1v) is 5.84. The number of likely N-dealkylation sites (N-methyl/N-ethyl adjacent to an activating group) is 1. The van der Waals surface area contributed by atoms with Crippen molar-refractivity contribution < 1.29 is 9.52 Å². The first-order chi connectivity index (χ1) is 7.79. The second-order valence-corrected chi connectivity index (χ2v) is 4.03. The van der Waals surface area contributed by atoms with Gasteiger partial charge in [0, 0.05) is 13.2 Å². The SMILES string of the molecule is CN(CCCCCO)C(CN)c1ccco1. The van der Waals surface area contributed by atoms with Gasteiger partial charge in [-0.15, -0.1) is 0 Å². The summed E-state index contributed by atoms with van der Waals surface area (Å²) < 4.78 is 5.37. The predicted molar refractivity (Wildman–Crippen MR) is 64.1 cm³/mol. The van der Waals surface area contributed by atoms with Crippen LogP contribution in [0.4, 0.5) is 0 Å². The van der Waals surface area contributed by atoms with Crippen molar-refractivity contribution in [3.63, 3.8) is 0 Å². The molecule has 0 aliphatic carbocycles. The third-order valence-electron chi connectivity index (χ3n) is 2.80. The average molecular weight is 226 g/mol. The second kappa shape index (κ2) is 7.44. The number of nitrogens with two attached hydrogens (primary N) is 1. The Balaban J connectivity index is 2.35. The minimum atomic E-state index is 0.157. The van der Waals surface area contributed by atoms with E-state index in [1.807, 2.05) is 12.1 Å². The molecule has 1 rings (SSSR count). The summed E-state index contributed by atoms with van der Waals surface area (Å²) in [6, 6.07) is 4.00. The lowest BCUT2D eigenvalue weighted by molar-refractivity contribution is 0.212. The zero-order chi connectivity index (χ0) is 11.8. The van der Waals surface area contributed by atoms with Gasteiger partial charge in [0.25, 0.3) is 0 Å². The molecule has 0 aliphatic rings. The number of unbranched alkanes of at least 4 members (excludes halogenated alkanes) is 2. The molecule has 1 heterocycles. The molecule has 1 aromatic heterocycles. The molecule has 3 N–H and O–H groups in total. The molecule has 0 bridgehead atoms. The van der Waals surface area contributed by atoms with Crippen molar-refractivity contribution in [1.29, 1.82) is 0 Å². The Labute approximate surface area is 97.0 Å². The molecular weight excluding hydrogens is 204 g/mol. The van der Waals surface area contributed by atoms with Crippen molar-refractivity contribution >= 4 is 0 Å². The Morgan fingerprint density at radius 3 is 2.81 bits per heavy atom. The standard InChI is InChI=1S/C12H22N2O2/c1-14(7-3-2-4-8-15)11(10-13)12-6-5-9-16-12/h5-6,9,11,15H,2-4,7-8,10,13H2,1H3. The molecule has 0 aromatic carbocycles. The largest absolute Gasteiger partial charge is 0.468 e. The maximum Gasteiger partial charge on any atom is 0.122 e. The maximum atomic E-state index is 8.69. The van der Waals surface area contributed by atoms with Gasteiger partial charge in [0.05, 0.1) is 12.3 Å². The van der Waals surface area contributed by atoms with Gasteiger partial charge in [-0.25, -0.2) is 0 Å². The van der Waals surface area contributed by atoms with E-state index in [1.165, 1.54) is 0 Å². The molecule has 4 nitrogen and oxygen atoms in total. The van der Waals surface area contributed by atoms with E-state index in [-0.39, 0.29) is 12.6 Å². The number of aliphatic hydroxyl groups is 1. The smallest absolute Gasteiger partial charge is 0.122 e. The van der Waals surface area contributed by atoms with Crippen LogP contribution >= 0.6 is 0 Å². The van der Waals surface area contributed by atoms with Gasteiger partial charge >= 0.3 is 0 Å². The summed E-state index contributed by atoms with van der Waals surface area (Å²) in [6.07, 6.45) is 4.68. The third kappa shape index (κ3) is 3.96. The fraction of sp³-hybridized carbons (Fsp3) is 0.667. The normalized spacial score (nSPS) is 13.2. The summed E-state index contributed by atoms with van der Waals surface area (Å²) in [5.41, 5.74) is 5.75. The van der Waals surface area contributed by atoms with Crippen LogP contribution in [0.3, 0.4) is 0 Å². The Morgan fingerprint density at radius 1 is 1.44 bits per heavy atom. The molecule has 1 atom stereocenters. The van der Waals surface area contributed by atoms with Crippen LogP contribution in [0, 0.1) is 0 Å². The van der Waals surface area contributed by atoms with Gasteiger partial charge in [-0.05, 0) is 45.0 Å². The highest BCUT2D eigenvalue weighted by Gasteiger charge is 2.17. The fourth-order valence-corrected chi connectivity index (χ4v) is 1.80. The maximum absolute atomic E-state index is 8.69. The molecule has 0 saturated heterocycles. The lowest BCUT2D eigenvalue weighted by Crippen LogP contribution is -2.31. The van der Waals surface area contributed by atoms with Gasteiger partial charge in [0.2, 0.25) is 0 Å². The summed E-state index contributed by atoms with van der Waals surface area (Å²) in [6.45, 7) is 1.81. The average Bonchev–Trinajstić information content (AvgIpc) is 2.79. The zero-order valence-electron chi connectivity index (χ0n) is 9.93. The molecule has 4 heteroatoms. The van der Waals surface area contributed by atoms with Crippen molar-refractivity contribution in [3.05, 3.63) is 24.2 Å². The lowest BCUT2D eigenvalue weighted by atomic mass is 10.1. The van der Waals surface area contributed by atoms with E-state index in [0.717, 1.165) is 31.6 Å². The van der Waals surface area contributed by atoms with Crippen LogP contribution < -0.4 is 5.73 Å². The molecule has 1 aromatic rings. The quantitative estimate of drug-likeness (QED) is 0.657. The van der Waals surface area contributed by atoms with Crippen molar-refractivity contribution in [2.45, 2.75) is 25.3 Å². The highest BCUT2D eigenvalue weighted by atomic mass is 16.3. The van der Waals surface area contributed by atoms with E-state index in [1.54, 1.807) is 6.26 Å². The van der Waals surface area contributed by atoms with Crippen LogP contribution in [0.15, 0.2) is 22.8 Å². The van der Waals surface area contributed by atoms with Gasteiger partial charge < -0.3 is 15.3 Å². The molecule has 0 saturated carbocycles. The lowest BCUT2D eigenvalue weighted by Gasteiger charge is -2.25. The van der Waals surface area contributed by atoms with E-state index >= 15 is 0 Å². The van der Waals surface area contributed by atoms with E-state index < -0.39 is 0 Å². The highest BCUT2D eigenvalue weighted by Crippen LogP contribution is 2.18. The van der Waals surface area contributed by atoms with Crippen molar-refractivity contribution in [2.75, 3.05) is 26.7 Å². The van der Waals surface area contributed by atoms with E-state index in [4.69, 9.17) is 15.3 Å². The monoisotopic (exact) mass is 226 g/mol. The topological polar surface area (TPSA) is 62.6 Å². The summed E-state index contributed by atoms with van der Waals surface area (Å²) in [4.78, 5) is 2.20. The van der Waals surface area contributed by atoms with Crippen molar-refractivity contribution in [2.24, 2.45) is 5.73 Å². The number of hydrogen-bond acceptors (Lipinski definition) is 4. The van der Waals surface area contributed by atoms with Gasteiger partial charge in [-0.2, -0.15) is 0 Å². The van der Waals surface area contributed by atoms with Crippen LogP contribution in [0.25, 0.3) is 0 Å². The summed E-state index contributed by atoms with van der Waals surface area (Å²) in [7, 11) is 2.05. The highest BCUT2D eigenvalue weighted by molar-refractivity contribution is 5.04. The molecule has 0 spiro atoms. The minimum absolute atomic E-state index is 0.157. The summed E-state index contributed by atoms with van der Waals surface area (Å²) >= 11 is 0. The Hall–Kier alpha value is -0.840. The van der Waals surface area contributed by atoms with Crippen LogP contribution in [0.2, 0.25) is 0 Å². The van der Waals surface area contributed by atoms with Crippen LogP contribution in [0.1, 0.15) is 31.1 Å². The summed E-state index contributed by atoms with van der Waals surface area (Å²) in [5.74, 6) is 0.923. The summed E-state index contributed by atoms with van der Waals surface area (Å²) in [5, 5.41) is 8.69. The molecule has 16 heavy (non-hydrogen) atoms. The van der Waals surface area contributed by atoms with Gasteiger partial charge in [0.1, 0.15) is 5.76 Å². The molecule has 0 fully saturated rings. The fourth-order valence-electron chi connectivity index (χ4n) is 1.80. The molecule has 1 unspecified atom stereocenters. The minimum Gasteiger partial charge on any atom is -0.468 e. The van der Waals surface area contributed by atoms with Crippen molar-refractivity contribution in [3.8, 4) is 0 Å². The molecule has 92 valence electrons. The molecule has 0 amide bonds. The van der Waals surface area contributed by atoms with Gasteiger partial charge in [-0.3, -0.25) is 4.90 Å². The van der Waals surface area contributed by atoms with Gasteiger partial charge in [0.15, 0.2) is 0 Å². The Kier molecular flexibility index (Phi) is 6.15. The number of hydrogen-bond donors (Lipinski definition) is 2. The first-order valence-electron chi connectivity index (χ1n) is 5.84.